The fourth-order valence-electron chi connectivity index (χ4n) is 2.86. The normalized spacial score (nSPS) is 14.1. The van der Waals surface area contributed by atoms with Gasteiger partial charge in [0.25, 0.3) is 0 Å². The molecule has 0 bridgehead atoms. The molecule has 2 heterocycles. The van der Waals surface area contributed by atoms with Crippen molar-refractivity contribution in [1.29, 1.82) is 0 Å². The lowest BCUT2D eigenvalue weighted by Crippen LogP contribution is -1.97. The lowest BCUT2D eigenvalue weighted by molar-refractivity contribution is 0.200. The second-order valence-electron chi connectivity index (χ2n) is 6.41. The van der Waals surface area contributed by atoms with E-state index >= 15 is 0 Å². The summed E-state index contributed by atoms with van der Waals surface area (Å²) in [6, 6.07) is 12.5. The van der Waals surface area contributed by atoms with E-state index in [0.717, 1.165) is 28.9 Å². The van der Waals surface area contributed by atoms with Gasteiger partial charge in [-0.05, 0) is 30.9 Å². The van der Waals surface area contributed by atoms with Crippen molar-refractivity contribution < 1.29 is 5.11 Å². The molecular weight excluding hydrogens is 284 g/mol. The fraction of sp³-hybridized carbons (Fsp3) is 0.350. The summed E-state index contributed by atoms with van der Waals surface area (Å²) in [6.07, 6.45) is 5.79. The van der Waals surface area contributed by atoms with E-state index in [9.17, 15) is 5.11 Å². The lowest BCUT2D eigenvalue weighted by atomic mass is 9.98. The molecule has 0 aliphatic rings. The Hall–Kier alpha value is -2.13. The maximum absolute atomic E-state index is 9.89. The van der Waals surface area contributed by atoms with E-state index in [-0.39, 0.29) is 0 Å². The Balaban J connectivity index is 1.93. The van der Waals surface area contributed by atoms with Crippen LogP contribution in [0.25, 0.3) is 16.9 Å². The maximum atomic E-state index is 9.89. The highest BCUT2D eigenvalue weighted by Gasteiger charge is 2.11. The molecule has 0 fully saturated rings. The summed E-state index contributed by atoms with van der Waals surface area (Å²) in [5, 5.41) is 9.89. The molecule has 0 spiro atoms. The molecule has 0 amide bonds. The predicted octanol–water partition coefficient (Wildman–Crippen LogP) is 4.64. The van der Waals surface area contributed by atoms with Crippen molar-refractivity contribution in [1.82, 2.24) is 9.38 Å². The molecule has 0 saturated carbocycles. The van der Waals surface area contributed by atoms with Gasteiger partial charge in [0, 0.05) is 23.5 Å². The standard InChI is InChI=1S/C20H24N2O/c1-4-14(2)12-16-7-9-17(10-8-16)19-13-22-11-5-6-18(15(3)23)20(22)21-19/h5-11,13-15,23H,4,12H2,1-3H3/t14-,15?/m1/s1. The zero-order valence-electron chi connectivity index (χ0n) is 14.0. The molecule has 1 aromatic carbocycles. The summed E-state index contributed by atoms with van der Waals surface area (Å²) in [4.78, 5) is 4.71. The molecule has 3 aromatic rings. The van der Waals surface area contributed by atoms with Gasteiger partial charge < -0.3 is 9.51 Å². The number of hydrogen-bond acceptors (Lipinski definition) is 2. The number of aromatic nitrogens is 2. The third kappa shape index (κ3) is 3.30. The number of pyridine rings is 1. The van der Waals surface area contributed by atoms with Crippen LogP contribution in [0.3, 0.4) is 0 Å². The summed E-state index contributed by atoms with van der Waals surface area (Å²) < 4.78 is 1.98. The summed E-state index contributed by atoms with van der Waals surface area (Å²) in [5.41, 5.74) is 5.09. The van der Waals surface area contributed by atoms with E-state index in [1.807, 2.05) is 28.9 Å². The second kappa shape index (κ2) is 6.55. The SMILES string of the molecule is CC[C@@H](C)Cc1ccc(-c2cn3cccc(C(C)O)c3n2)cc1. The quantitative estimate of drug-likeness (QED) is 0.745. The van der Waals surface area contributed by atoms with Gasteiger partial charge in [0.1, 0.15) is 5.65 Å². The molecule has 0 saturated heterocycles. The minimum absolute atomic E-state index is 0.521. The van der Waals surface area contributed by atoms with E-state index < -0.39 is 6.10 Å². The molecule has 3 nitrogen and oxygen atoms in total. The first kappa shape index (κ1) is 15.8. The monoisotopic (exact) mass is 308 g/mol. The Labute approximate surface area is 137 Å². The molecule has 120 valence electrons. The third-order valence-electron chi connectivity index (χ3n) is 4.49. The maximum Gasteiger partial charge on any atom is 0.143 e. The summed E-state index contributed by atoms with van der Waals surface area (Å²) in [5.74, 6) is 0.713. The Morgan fingerprint density at radius 3 is 2.52 bits per heavy atom. The van der Waals surface area contributed by atoms with Crippen LogP contribution < -0.4 is 0 Å². The van der Waals surface area contributed by atoms with Gasteiger partial charge in [-0.2, -0.15) is 0 Å². The molecule has 0 aliphatic heterocycles. The van der Waals surface area contributed by atoms with Gasteiger partial charge in [0.15, 0.2) is 0 Å². The zero-order valence-corrected chi connectivity index (χ0v) is 14.0. The Morgan fingerprint density at radius 1 is 1.13 bits per heavy atom. The second-order valence-corrected chi connectivity index (χ2v) is 6.41. The summed E-state index contributed by atoms with van der Waals surface area (Å²) in [7, 11) is 0. The first-order valence-corrected chi connectivity index (χ1v) is 8.33. The van der Waals surface area contributed by atoms with Gasteiger partial charge in [-0.3, -0.25) is 0 Å². The van der Waals surface area contributed by atoms with Crippen molar-refractivity contribution >= 4 is 5.65 Å². The predicted molar refractivity (Wildman–Crippen MR) is 94.4 cm³/mol. The summed E-state index contributed by atoms with van der Waals surface area (Å²) in [6.45, 7) is 6.29. The topological polar surface area (TPSA) is 37.5 Å². The molecular formula is C20H24N2O. The van der Waals surface area contributed by atoms with Gasteiger partial charge in [0.05, 0.1) is 11.8 Å². The lowest BCUT2D eigenvalue weighted by Gasteiger charge is -2.08. The minimum atomic E-state index is -0.521. The van der Waals surface area contributed by atoms with E-state index in [0.29, 0.717) is 5.92 Å². The van der Waals surface area contributed by atoms with Crippen LogP contribution in [0.2, 0.25) is 0 Å². The number of hydrogen-bond donors (Lipinski definition) is 1. The third-order valence-corrected chi connectivity index (χ3v) is 4.49. The zero-order chi connectivity index (χ0) is 16.4. The molecule has 3 rings (SSSR count). The average Bonchev–Trinajstić information content (AvgIpc) is 2.99. The van der Waals surface area contributed by atoms with Gasteiger partial charge in [-0.15, -0.1) is 0 Å². The van der Waals surface area contributed by atoms with Crippen molar-refractivity contribution in [2.75, 3.05) is 0 Å². The van der Waals surface area contributed by atoms with Crippen LogP contribution in [-0.4, -0.2) is 14.5 Å². The number of benzene rings is 1. The highest BCUT2D eigenvalue weighted by molar-refractivity contribution is 5.64. The number of fused-ring (bicyclic) bond motifs is 1. The van der Waals surface area contributed by atoms with E-state index in [1.54, 1.807) is 6.92 Å². The minimum Gasteiger partial charge on any atom is -0.389 e. The van der Waals surface area contributed by atoms with Crippen LogP contribution in [0.15, 0.2) is 48.8 Å². The number of imidazole rings is 1. The number of rotatable bonds is 5. The van der Waals surface area contributed by atoms with E-state index in [2.05, 4.69) is 38.1 Å². The van der Waals surface area contributed by atoms with Crippen LogP contribution in [0.4, 0.5) is 0 Å². The van der Waals surface area contributed by atoms with Crippen LogP contribution >= 0.6 is 0 Å². The highest BCUT2D eigenvalue weighted by atomic mass is 16.3. The average molecular weight is 308 g/mol. The van der Waals surface area contributed by atoms with Crippen molar-refractivity contribution in [2.45, 2.75) is 39.7 Å². The molecule has 1 unspecified atom stereocenters. The molecule has 23 heavy (non-hydrogen) atoms. The van der Waals surface area contributed by atoms with Crippen molar-refractivity contribution in [3.05, 3.63) is 59.9 Å². The molecule has 0 aliphatic carbocycles. The van der Waals surface area contributed by atoms with Gasteiger partial charge >= 0.3 is 0 Å². The van der Waals surface area contributed by atoms with E-state index in [4.69, 9.17) is 4.98 Å². The highest BCUT2D eigenvalue weighted by Crippen LogP contribution is 2.24. The Bertz CT molecular complexity index is 787. The molecule has 2 aromatic heterocycles. The Kier molecular flexibility index (Phi) is 4.49. The Morgan fingerprint density at radius 2 is 1.87 bits per heavy atom. The fourth-order valence-corrected chi connectivity index (χ4v) is 2.86. The van der Waals surface area contributed by atoms with Crippen LogP contribution in [0, 0.1) is 5.92 Å². The molecule has 3 heteroatoms. The van der Waals surface area contributed by atoms with Crippen molar-refractivity contribution in [3.63, 3.8) is 0 Å². The van der Waals surface area contributed by atoms with E-state index in [1.165, 1.54) is 12.0 Å². The first-order valence-electron chi connectivity index (χ1n) is 8.33. The first-order chi connectivity index (χ1) is 11.1. The summed E-state index contributed by atoms with van der Waals surface area (Å²) >= 11 is 0. The molecule has 1 N–H and O–H groups in total. The van der Waals surface area contributed by atoms with Crippen LogP contribution in [0.1, 0.15) is 44.4 Å². The van der Waals surface area contributed by atoms with Gasteiger partial charge in [-0.25, -0.2) is 4.98 Å². The number of aliphatic hydroxyl groups is 1. The van der Waals surface area contributed by atoms with Gasteiger partial charge in [-0.1, -0.05) is 50.6 Å². The molecule has 0 radical (unpaired) electrons. The van der Waals surface area contributed by atoms with Crippen LogP contribution in [-0.2, 0) is 6.42 Å². The van der Waals surface area contributed by atoms with Crippen molar-refractivity contribution in [3.8, 4) is 11.3 Å². The largest absolute Gasteiger partial charge is 0.389 e. The van der Waals surface area contributed by atoms with Crippen LogP contribution in [0.5, 0.6) is 0 Å². The number of aliphatic hydroxyl groups excluding tert-OH is 1. The smallest absolute Gasteiger partial charge is 0.143 e. The molecule has 2 atom stereocenters. The van der Waals surface area contributed by atoms with Crippen molar-refractivity contribution in [2.24, 2.45) is 5.92 Å². The number of nitrogens with zero attached hydrogens (tertiary/aromatic N) is 2. The van der Waals surface area contributed by atoms with Gasteiger partial charge in [0.2, 0.25) is 0 Å².